The largest absolute Gasteiger partial charge is 0.577 e. The average Bonchev–Trinajstić information content (AvgIpc) is 2.85. The van der Waals surface area contributed by atoms with Gasteiger partial charge in [0.05, 0.1) is 12.0 Å². The van der Waals surface area contributed by atoms with Gasteiger partial charge in [-0.25, -0.2) is 0 Å². The van der Waals surface area contributed by atoms with E-state index in [1.165, 1.54) is 0 Å². The minimum Gasteiger partial charge on any atom is -0.577 e. The molecule has 8 heteroatoms. The number of rotatable bonds is 1. The van der Waals surface area contributed by atoms with E-state index in [1.807, 2.05) is 0 Å². The SMILES string of the molecule is N#CC1CCCN(C2=C3C=N[N-]C3N=C(N)N2)C1.[Re]. The van der Waals surface area contributed by atoms with Gasteiger partial charge in [-0.2, -0.15) is 5.26 Å². The van der Waals surface area contributed by atoms with E-state index in [0.717, 1.165) is 37.3 Å². The first kappa shape index (κ1) is 13.9. The third-order valence-corrected chi connectivity index (χ3v) is 3.35. The number of nitriles is 1. The maximum Gasteiger partial charge on any atom is 0.193 e. The summed E-state index contributed by atoms with van der Waals surface area (Å²) in [4.78, 5) is 6.32. The number of hydrogen-bond donors (Lipinski definition) is 2. The zero-order valence-electron chi connectivity index (χ0n) is 10.3. The van der Waals surface area contributed by atoms with Gasteiger partial charge in [0.1, 0.15) is 5.82 Å². The Morgan fingerprint density at radius 2 is 2.42 bits per heavy atom. The maximum atomic E-state index is 9.04. The van der Waals surface area contributed by atoms with Crippen LogP contribution in [0.4, 0.5) is 0 Å². The van der Waals surface area contributed by atoms with Crippen molar-refractivity contribution < 1.29 is 20.4 Å². The van der Waals surface area contributed by atoms with Crippen LogP contribution in [0.25, 0.3) is 5.43 Å². The number of fused-ring (bicyclic) bond motifs is 1. The van der Waals surface area contributed by atoms with E-state index in [2.05, 4.69) is 31.8 Å². The third kappa shape index (κ3) is 2.58. The van der Waals surface area contributed by atoms with Gasteiger partial charge >= 0.3 is 0 Å². The predicted molar refractivity (Wildman–Crippen MR) is 67.3 cm³/mol. The van der Waals surface area contributed by atoms with Crippen LogP contribution in [0.15, 0.2) is 21.5 Å². The summed E-state index contributed by atoms with van der Waals surface area (Å²) in [5.41, 5.74) is 10.7. The summed E-state index contributed by atoms with van der Waals surface area (Å²) in [5, 5.41) is 16.0. The van der Waals surface area contributed by atoms with Gasteiger partial charge in [-0.15, -0.1) is 0 Å². The summed E-state index contributed by atoms with van der Waals surface area (Å²) in [6.45, 7) is 1.63. The monoisotopic (exact) mass is 431 g/mol. The van der Waals surface area contributed by atoms with Crippen molar-refractivity contribution in [3.05, 3.63) is 16.8 Å². The molecular formula is C11H14N7Re-. The van der Waals surface area contributed by atoms with Crippen LogP contribution >= 0.6 is 0 Å². The summed E-state index contributed by atoms with van der Waals surface area (Å²) < 4.78 is 0. The van der Waals surface area contributed by atoms with Gasteiger partial charge in [-0.1, -0.05) is 0 Å². The molecule has 2 atom stereocenters. The molecule has 1 fully saturated rings. The van der Waals surface area contributed by atoms with E-state index < -0.39 is 0 Å². The predicted octanol–water partition coefficient (Wildman–Crippen LogP) is 0.0482. The van der Waals surface area contributed by atoms with Crippen LogP contribution < -0.4 is 11.1 Å². The van der Waals surface area contributed by atoms with Crippen molar-refractivity contribution in [2.45, 2.75) is 19.0 Å². The van der Waals surface area contributed by atoms with E-state index >= 15 is 0 Å². The number of nitrogens with two attached hydrogens (primary N) is 1. The quantitative estimate of drug-likeness (QED) is 0.613. The Labute approximate surface area is 125 Å². The number of nitrogens with zero attached hydrogens (tertiary/aromatic N) is 5. The van der Waals surface area contributed by atoms with Crippen LogP contribution in [0, 0.1) is 17.2 Å². The fourth-order valence-electron chi connectivity index (χ4n) is 2.47. The van der Waals surface area contributed by atoms with Crippen molar-refractivity contribution in [3.63, 3.8) is 0 Å². The number of aliphatic imine (C=N–C) groups is 1. The van der Waals surface area contributed by atoms with Crippen LogP contribution in [-0.2, 0) is 20.4 Å². The molecule has 0 aromatic heterocycles. The molecule has 0 aromatic carbocycles. The Kier molecular flexibility index (Phi) is 4.08. The molecule has 3 aliphatic rings. The van der Waals surface area contributed by atoms with Gasteiger partial charge in [0.15, 0.2) is 5.96 Å². The number of nitrogens with one attached hydrogen (secondary N) is 1. The fourth-order valence-corrected chi connectivity index (χ4v) is 2.47. The molecule has 7 nitrogen and oxygen atoms in total. The molecule has 3 N–H and O–H groups in total. The van der Waals surface area contributed by atoms with Crippen LogP contribution in [0.1, 0.15) is 12.8 Å². The smallest absolute Gasteiger partial charge is 0.193 e. The molecule has 19 heavy (non-hydrogen) atoms. The Balaban J connectivity index is 0.00000133. The molecule has 1 saturated heterocycles. The van der Waals surface area contributed by atoms with Crippen molar-refractivity contribution in [1.29, 1.82) is 5.26 Å². The first-order valence-corrected chi connectivity index (χ1v) is 6.00. The number of guanidine groups is 1. The summed E-state index contributed by atoms with van der Waals surface area (Å²) in [6.07, 6.45) is 3.36. The second-order valence-corrected chi connectivity index (χ2v) is 4.59. The van der Waals surface area contributed by atoms with Gasteiger partial charge in [0.25, 0.3) is 0 Å². The molecule has 0 bridgehead atoms. The maximum absolute atomic E-state index is 9.04. The topological polar surface area (TPSA) is 104 Å². The third-order valence-electron chi connectivity index (χ3n) is 3.35. The summed E-state index contributed by atoms with van der Waals surface area (Å²) in [6, 6.07) is 2.33. The van der Waals surface area contributed by atoms with Gasteiger partial charge in [-0.3, -0.25) is 4.99 Å². The Morgan fingerprint density at radius 3 is 3.21 bits per heavy atom. The van der Waals surface area contributed by atoms with Crippen LogP contribution in [0.2, 0.25) is 0 Å². The normalized spacial score (nSPS) is 28.6. The molecule has 3 aliphatic heterocycles. The van der Waals surface area contributed by atoms with Crippen LogP contribution in [0.5, 0.6) is 0 Å². The van der Waals surface area contributed by atoms with Crippen molar-refractivity contribution >= 4 is 12.2 Å². The van der Waals surface area contributed by atoms with Gasteiger partial charge < -0.3 is 26.5 Å². The van der Waals surface area contributed by atoms with E-state index in [-0.39, 0.29) is 32.5 Å². The zero-order valence-corrected chi connectivity index (χ0v) is 13.0. The van der Waals surface area contributed by atoms with E-state index in [1.54, 1.807) is 6.21 Å². The number of hydrogen-bond acceptors (Lipinski definition) is 6. The van der Waals surface area contributed by atoms with Crippen molar-refractivity contribution in [2.75, 3.05) is 13.1 Å². The molecule has 0 amide bonds. The Hall–Kier alpha value is -1.57. The first-order valence-electron chi connectivity index (χ1n) is 6.00. The summed E-state index contributed by atoms with van der Waals surface area (Å²) >= 11 is 0. The second kappa shape index (κ2) is 5.60. The Morgan fingerprint density at radius 1 is 1.58 bits per heavy atom. The molecule has 3 rings (SSSR count). The zero-order chi connectivity index (χ0) is 12.5. The molecule has 0 spiro atoms. The Bertz CT molecular complexity index is 490. The molecular weight excluding hydrogens is 416 g/mol. The second-order valence-electron chi connectivity index (χ2n) is 4.59. The molecule has 0 saturated carbocycles. The molecule has 2 unspecified atom stereocenters. The molecule has 1 radical (unpaired) electrons. The number of piperidine rings is 1. The van der Waals surface area contributed by atoms with Crippen molar-refractivity contribution in [2.24, 2.45) is 21.7 Å². The van der Waals surface area contributed by atoms with E-state index in [9.17, 15) is 0 Å². The van der Waals surface area contributed by atoms with Crippen LogP contribution in [-0.4, -0.2) is 36.3 Å². The van der Waals surface area contributed by atoms with E-state index in [4.69, 9.17) is 11.0 Å². The minimum absolute atomic E-state index is 0. The summed E-state index contributed by atoms with van der Waals surface area (Å²) in [7, 11) is 0. The molecule has 0 aliphatic carbocycles. The molecule has 101 valence electrons. The van der Waals surface area contributed by atoms with E-state index in [0.29, 0.717) is 5.96 Å². The average molecular weight is 430 g/mol. The minimum atomic E-state index is -0.316. The van der Waals surface area contributed by atoms with Crippen LogP contribution in [0.3, 0.4) is 0 Å². The van der Waals surface area contributed by atoms with Crippen molar-refractivity contribution in [1.82, 2.24) is 10.2 Å². The molecule has 0 aromatic rings. The van der Waals surface area contributed by atoms with Gasteiger partial charge in [-0.05, 0) is 12.8 Å². The fraction of sp³-hybridized carbons (Fsp3) is 0.545. The van der Waals surface area contributed by atoms with Gasteiger partial charge in [0.2, 0.25) is 0 Å². The first-order chi connectivity index (χ1) is 8.78. The number of likely N-dealkylation sites (tertiary alicyclic amines) is 1. The molecule has 3 heterocycles. The summed E-state index contributed by atoms with van der Waals surface area (Å²) in [5.74, 6) is 1.33. The van der Waals surface area contributed by atoms with Crippen molar-refractivity contribution in [3.8, 4) is 6.07 Å². The van der Waals surface area contributed by atoms with Gasteiger partial charge in [0, 0.05) is 51.5 Å². The standard InChI is InChI=1S/C11H14N7.Re/c12-4-7-2-1-3-18(6-7)10-8-5-14-17-9(8)15-11(13)16-10;/h5,7,9H,1-3,6H2,(H3,13,15,16);/q-1;.